The van der Waals surface area contributed by atoms with Crippen LogP contribution < -0.4 is 10.1 Å². The van der Waals surface area contributed by atoms with Crippen LogP contribution in [-0.4, -0.2) is 24.0 Å². The molecule has 2 rings (SSSR count). The van der Waals surface area contributed by atoms with Crippen LogP contribution in [0.3, 0.4) is 0 Å². The number of rotatable bonds is 5. The summed E-state index contributed by atoms with van der Waals surface area (Å²) in [7, 11) is 0. The fourth-order valence-corrected chi connectivity index (χ4v) is 1.74. The lowest BCUT2D eigenvalue weighted by molar-refractivity contribution is 0.0946. The maximum atomic E-state index is 11.7. The Hall–Kier alpha value is -2.36. The molecule has 1 aromatic heterocycles. The molecule has 0 atom stereocenters. The maximum absolute atomic E-state index is 11.7. The van der Waals surface area contributed by atoms with Crippen molar-refractivity contribution in [2.24, 2.45) is 0 Å². The van der Waals surface area contributed by atoms with Gasteiger partial charge in [-0.1, -0.05) is 6.07 Å². The minimum absolute atomic E-state index is 0.137. The normalized spacial score (nSPS) is 10.1. The highest BCUT2D eigenvalue weighted by Crippen LogP contribution is 2.15. The number of hydrogen-bond acceptors (Lipinski definition) is 3. The number of carbonyl (C=O) groups excluding carboxylic acids is 1. The minimum atomic E-state index is -0.137. The fourth-order valence-electron chi connectivity index (χ4n) is 1.74. The van der Waals surface area contributed by atoms with E-state index in [1.807, 2.05) is 25.1 Å². The molecule has 4 heteroatoms. The van der Waals surface area contributed by atoms with E-state index in [1.165, 1.54) is 11.1 Å². The van der Waals surface area contributed by atoms with E-state index >= 15 is 0 Å². The second-order valence-electron chi connectivity index (χ2n) is 4.59. The summed E-state index contributed by atoms with van der Waals surface area (Å²) < 4.78 is 5.60. The van der Waals surface area contributed by atoms with Crippen LogP contribution in [0.2, 0.25) is 0 Å². The third kappa shape index (κ3) is 3.82. The Kier molecular flexibility index (Phi) is 4.71. The monoisotopic (exact) mass is 270 g/mol. The predicted molar refractivity (Wildman–Crippen MR) is 78.0 cm³/mol. The number of pyridine rings is 1. The van der Waals surface area contributed by atoms with Crippen molar-refractivity contribution in [3.8, 4) is 5.75 Å². The summed E-state index contributed by atoms with van der Waals surface area (Å²) in [6, 6.07) is 9.43. The zero-order valence-corrected chi connectivity index (χ0v) is 11.7. The summed E-state index contributed by atoms with van der Waals surface area (Å²) in [6.07, 6.45) is 3.18. The summed E-state index contributed by atoms with van der Waals surface area (Å²) in [5.74, 6) is 0.686. The highest BCUT2D eigenvalue weighted by atomic mass is 16.5. The number of benzene rings is 1. The van der Waals surface area contributed by atoms with Crippen LogP contribution in [0.25, 0.3) is 0 Å². The molecule has 0 aliphatic heterocycles. The lowest BCUT2D eigenvalue weighted by Gasteiger charge is -2.09. The van der Waals surface area contributed by atoms with Crippen LogP contribution in [0.1, 0.15) is 21.5 Å². The minimum Gasteiger partial charge on any atom is -0.492 e. The van der Waals surface area contributed by atoms with E-state index in [1.54, 1.807) is 24.5 Å². The summed E-state index contributed by atoms with van der Waals surface area (Å²) >= 11 is 0. The Morgan fingerprint density at radius 3 is 2.80 bits per heavy atom. The fraction of sp³-hybridized carbons (Fsp3) is 0.250. The summed E-state index contributed by atoms with van der Waals surface area (Å²) in [4.78, 5) is 15.7. The van der Waals surface area contributed by atoms with Gasteiger partial charge >= 0.3 is 0 Å². The van der Waals surface area contributed by atoms with Gasteiger partial charge in [-0.25, -0.2) is 0 Å². The highest BCUT2D eigenvalue weighted by Gasteiger charge is 2.04. The van der Waals surface area contributed by atoms with Gasteiger partial charge in [-0.2, -0.15) is 0 Å². The molecule has 104 valence electrons. The smallest absolute Gasteiger partial charge is 0.252 e. The van der Waals surface area contributed by atoms with E-state index in [-0.39, 0.29) is 5.91 Å². The van der Waals surface area contributed by atoms with E-state index < -0.39 is 0 Å². The second kappa shape index (κ2) is 6.70. The summed E-state index contributed by atoms with van der Waals surface area (Å²) in [5.41, 5.74) is 2.99. The zero-order valence-electron chi connectivity index (χ0n) is 11.7. The van der Waals surface area contributed by atoms with Gasteiger partial charge in [0.25, 0.3) is 5.91 Å². The molecule has 1 amide bonds. The number of aryl methyl sites for hydroxylation is 2. The van der Waals surface area contributed by atoms with Crippen LogP contribution in [0.4, 0.5) is 0 Å². The molecule has 0 unspecified atom stereocenters. The van der Waals surface area contributed by atoms with Crippen molar-refractivity contribution >= 4 is 5.91 Å². The van der Waals surface area contributed by atoms with E-state index in [0.717, 1.165) is 5.75 Å². The molecule has 1 heterocycles. The van der Waals surface area contributed by atoms with Gasteiger partial charge in [0.2, 0.25) is 0 Å². The van der Waals surface area contributed by atoms with Crippen molar-refractivity contribution in [3.63, 3.8) is 0 Å². The molecule has 20 heavy (non-hydrogen) atoms. The molecule has 0 spiro atoms. The van der Waals surface area contributed by atoms with Crippen molar-refractivity contribution in [2.45, 2.75) is 13.8 Å². The van der Waals surface area contributed by atoms with E-state index in [4.69, 9.17) is 4.74 Å². The number of amides is 1. The van der Waals surface area contributed by atoms with Gasteiger partial charge in [-0.15, -0.1) is 0 Å². The molecule has 0 aliphatic carbocycles. The number of nitrogens with zero attached hydrogens (tertiary/aromatic N) is 1. The van der Waals surface area contributed by atoms with Crippen LogP contribution in [0.5, 0.6) is 5.75 Å². The second-order valence-corrected chi connectivity index (χ2v) is 4.59. The van der Waals surface area contributed by atoms with Crippen molar-refractivity contribution < 1.29 is 9.53 Å². The first-order valence-electron chi connectivity index (χ1n) is 6.55. The first-order valence-corrected chi connectivity index (χ1v) is 6.55. The van der Waals surface area contributed by atoms with E-state index in [9.17, 15) is 4.79 Å². The van der Waals surface area contributed by atoms with Crippen molar-refractivity contribution in [3.05, 3.63) is 59.4 Å². The maximum Gasteiger partial charge on any atom is 0.252 e. The molecule has 1 N–H and O–H groups in total. The summed E-state index contributed by atoms with van der Waals surface area (Å²) in [6.45, 7) is 5.01. The van der Waals surface area contributed by atoms with Crippen LogP contribution in [0.15, 0.2) is 42.7 Å². The van der Waals surface area contributed by atoms with Gasteiger partial charge in [0, 0.05) is 12.4 Å². The molecule has 0 radical (unpaired) electrons. The first kappa shape index (κ1) is 14.1. The van der Waals surface area contributed by atoms with Gasteiger partial charge in [-0.3, -0.25) is 9.78 Å². The van der Waals surface area contributed by atoms with Gasteiger partial charge < -0.3 is 10.1 Å². The number of nitrogens with one attached hydrogen (secondary N) is 1. The lowest BCUT2D eigenvalue weighted by atomic mass is 10.1. The molecule has 0 fully saturated rings. The van der Waals surface area contributed by atoms with Gasteiger partial charge in [0.15, 0.2) is 0 Å². The van der Waals surface area contributed by atoms with Crippen LogP contribution in [0, 0.1) is 13.8 Å². The predicted octanol–water partition coefficient (Wildman–Crippen LogP) is 2.51. The molecular weight excluding hydrogens is 252 g/mol. The Balaban J connectivity index is 1.76. The largest absolute Gasteiger partial charge is 0.492 e. The Labute approximate surface area is 118 Å². The third-order valence-corrected chi connectivity index (χ3v) is 3.06. The Morgan fingerprint density at radius 1 is 1.25 bits per heavy atom. The Bertz CT molecular complexity index is 582. The Morgan fingerprint density at radius 2 is 2.10 bits per heavy atom. The zero-order chi connectivity index (χ0) is 14.4. The first-order chi connectivity index (χ1) is 9.66. The average molecular weight is 270 g/mol. The lowest BCUT2D eigenvalue weighted by Crippen LogP contribution is -2.28. The molecule has 0 bridgehead atoms. The number of ether oxygens (including phenoxy) is 1. The number of hydrogen-bond donors (Lipinski definition) is 1. The van der Waals surface area contributed by atoms with Crippen LogP contribution in [-0.2, 0) is 0 Å². The topological polar surface area (TPSA) is 51.2 Å². The van der Waals surface area contributed by atoms with Crippen molar-refractivity contribution in [1.29, 1.82) is 0 Å². The standard InChI is InChI=1S/C16H18N2O2/c1-12-5-6-15(10-13(12)2)20-9-8-18-16(19)14-4-3-7-17-11-14/h3-7,10-11H,8-9H2,1-2H3,(H,18,19). The van der Waals surface area contributed by atoms with Crippen molar-refractivity contribution in [1.82, 2.24) is 10.3 Å². The third-order valence-electron chi connectivity index (χ3n) is 3.06. The highest BCUT2D eigenvalue weighted by molar-refractivity contribution is 5.93. The van der Waals surface area contributed by atoms with Crippen molar-refractivity contribution in [2.75, 3.05) is 13.2 Å². The molecule has 0 saturated heterocycles. The molecule has 1 aromatic carbocycles. The van der Waals surface area contributed by atoms with Gasteiger partial charge in [-0.05, 0) is 49.2 Å². The SMILES string of the molecule is Cc1ccc(OCCNC(=O)c2cccnc2)cc1C. The molecule has 0 aliphatic rings. The quantitative estimate of drug-likeness (QED) is 0.849. The van der Waals surface area contributed by atoms with Gasteiger partial charge in [0.05, 0.1) is 12.1 Å². The van der Waals surface area contributed by atoms with E-state index in [0.29, 0.717) is 18.7 Å². The van der Waals surface area contributed by atoms with Crippen LogP contribution >= 0.6 is 0 Å². The number of carbonyl (C=O) groups is 1. The summed E-state index contributed by atoms with van der Waals surface area (Å²) in [5, 5.41) is 2.79. The molecule has 4 nitrogen and oxygen atoms in total. The average Bonchev–Trinajstić information content (AvgIpc) is 2.48. The van der Waals surface area contributed by atoms with Gasteiger partial charge in [0.1, 0.15) is 12.4 Å². The molecular formula is C16H18N2O2. The molecule has 2 aromatic rings. The van der Waals surface area contributed by atoms with E-state index in [2.05, 4.69) is 17.2 Å². The molecule has 0 saturated carbocycles. The number of aromatic nitrogens is 1.